The van der Waals surface area contributed by atoms with Gasteiger partial charge in [0.15, 0.2) is 0 Å². The minimum atomic E-state index is -0.705. The molecule has 3 nitrogen and oxygen atoms in total. The van der Waals surface area contributed by atoms with Crippen LogP contribution in [0.2, 0.25) is 0 Å². The summed E-state index contributed by atoms with van der Waals surface area (Å²) in [6, 6.07) is 0.423. The fourth-order valence-electron chi connectivity index (χ4n) is 2.28. The highest BCUT2D eigenvalue weighted by atomic mass is 16.4. The number of carboxylic acids is 1. The lowest BCUT2D eigenvalue weighted by Gasteiger charge is -2.33. The van der Waals surface area contributed by atoms with Gasteiger partial charge in [-0.1, -0.05) is 26.2 Å². The van der Waals surface area contributed by atoms with Gasteiger partial charge >= 0.3 is 5.97 Å². The molecule has 1 N–H and O–H groups in total. The molecule has 1 atom stereocenters. The topological polar surface area (TPSA) is 40.5 Å². The zero-order chi connectivity index (χ0) is 11.3. The molecule has 0 heterocycles. The van der Waals surface area contributed by atoms with Crippen LogP contribution in [-0.4, -0.2) is 35.1 Å². The minimum Gasteiger partial charge on any atom is -0.480 e. The van der Waals surface area contributed by atoms with E-state index in [9.17, 15) is 4.79 Å². The largest absolute Gasteiger partial charge is 0.480 e. The van der Waals surface area contributed by atoms with Crippen molar-refractivity contribution in [3.05, 3.63) is 0 Å². The van der Waals surface area contributed by atoms with Crippen LogP contribution in [0, 0.1) is 5.92 Å². The molecule has 0 aromatic rings. The second kappa shape index (κ2) is 6.11. The highest BCUT2D eigenvalue weighted by Gasteiger charge is 2.23. The number of nitrogens with zero attached hydrogens (tertiary/aromatic N) is 1. The zero-order valence-electron chi connectivity index (χ0n) is 9.91. The second-order valence-corrected chi connectivity index (χ2v) is 4.75. The van der Waals surface area contributed by atoms with E-state index in [1.165, 1.54) is 25.7 Å². The zero-order valence-corrected chi connectivity index (χ0v) is 9.91. The van der Waals surface area contributed by atoms with Crippen molar-refractivity contribution in [2.45, 2.75) is 52.0 Å². The van der Waals surface area contributed by atoms with Gasteiger partial charge in [-0.2, -0.15) is 0 Å². The van der Waals surface area contributed by atoms with Crippen molar-refractivity contribution < 1.29 is 9.90 Å². The summed E-state index contributed by atoms with van der Waals surface area (Å²) in [6.45, 7) is 5.36. The van der Waals surface area contributed by atoms with Gasteiger partial charge in [0.25, 0.3) is 0 Å². The molecule has 88 valence electrons. The highest BCUT2D eigenvalue weighted by molar-refractivity contribution is 5.69. The van der Waals surface area contributed by atoms with E-state index in [0.717, 1.165) is 18.9 Å². The van der Waals surface area contributed by atoms with Gasteiger partial charge in [0.2, 0.25) is 0 Å². The predicted molar refractivity (Wildman–Crippen MR) is 60.9 cm³/mol. The number of hydrogen-bond acceptors (Lipinski definition) is 2. The third-order valence-corrected chi connectivity index (χ3v) is 3.37. The Morgan fingerprint density at radius 2 is 2.20 bits per heavy atom. The number of carbonyl (C=O) groups is 1. The molecular weight excluding hydrogens is 190 g/mol. The molecule has 1 aliphatic rings. The summed E-state index contributed by atoms with van der Waals surface area (Å²) < 4.78 is 0. The summed E-state index contributed by atoms with van der Waals surface area (Å²) in [4.78, 5) is 12.8. The SMILES string of the molecule is CCCN(CC(=O)O)C(C)CC1CCC1. The average Bonchev–Trinajstić information content (AvgIpc) is 2.09. The summed E-state index contributed by atoms with van der Waals surface area (Å²) in [6.07, 6.45) is 6.26. The molecule has 15 heavy (non-hydrogen) atoms. The number of hydrogen-bond donors (Lipinski definition) is 1. The van der Waals surface area contributed by atoms with Crippen molar-refractivity contribution in [3.8, 4) is 0 Å². The van der Waals surface area contributed by atoms with Gasteiger partial charge in [-0.15, -0.1) is 0 Å². The van der Waals surface area contributed by atoms with Crippen molar-refractivity contribution in [2.24, 2.45) is 5.92 Å². The highest BCUT2D eigenvalue weighted by Crippen LogP contribution is 2.31. The summed E-state index contributed by atoms with van der Waals surface area (Å²) in [5.41, 5.74) is 0. The summed E-state index contributed by atoms with van der Waals surface area (Å²) >= 11 is 0. The van der Waals surface area contributed by atoms with E-state index < -0.39 is 5.97 Å². The van der Waals surface area contributed by atoms with Crippen molar-refractivity contribution in [1.82, 2.24) is 4.90 Å². The first-order valence-electron chi connectivity index (χ1n) is 6.09. The first kappa shape index (κ1) is 12.5. The first-order chi connectivity index (χ1) is 7.13. The van der Waals surface area contributed by atoms with Crippen LogP contribution in [0.15, 0.2) is 0 Å². The maximum atomic E-state index is 10.7. The molecule has 1 saturated carbocycles. The summed E-state index contributed by atoms with van der Waals surface area (Å²) in [5, 5.41) is 8.82. The van der Waals surface area contributed by atoms with Gasteiger partial charge in [-0.05, 0) is 32.2 Å². The Hall–Kier alpha value is -0.570. The monoisotopic (exact) mass is 213 g/mol. The van der Waals surface area contributed by atoms with Crippen molar-refractivity contribution in [1.29, 1.82) is 0 Å². The average molecular weight is 213 g/mol. The molecule has 0 radical (unpaired) electrons. The van der Waals surface area contributed by atoms with Gasteiger partial charge in [-0.3, -0.25) is 9.69 Å². The number of rotatable bonds is 7. The molecule has 0 aromatic heterocycles. The number of aliphatic carboxylic acids is 1. The van der Waals surface area contributed by atoms with Crippen LogP contribution < -0.4 is 0 Å². The Bertz CT molecular complexity index is 202. The maximum Gasteiger partial charge on any atom is 0.317 e. The van der Waals surface area contributed by atoms with Crippen LogP contribution in [0.3, 0.4) is 0 Å². The normalized spacial score (nSPS) is 18.9. The minimum absolute atomic E-state index is 0.196. The van der Waals surface area contributed by atoms with Crippen LogP contribution >= 0.6 is 0 Å². The van der Waals surface area contributed by atoms with Gasteiger partial charge < -0.3 is 5.11 Å². The van der Waals surface area contributed by atoms with Crippen LogP contribution in [0.5, 0.6) is 0 Å². The van der Waals surface area contributed by atoms with Gasteiger partial charge in [0.1, 0.15) is 0 Å². The molecule has 1 rings (SSSR count). The predicted octanol–water partition coefficient (Wildman–Crippen LogP) is 2.36. The van der Waals surface area contributed by atoms with Gasteiger partial charge in [0, 0.05) is 6.04 Å². The number of carboxylic acid groups (broad SMARTS) is 1. The van der Waals surface area contributed by atoms with Gasteiger partial charge in [0.05, 0.1) is 6.54 Å². The van der Waals surface area contributed by atoms with E-state index in [1.54, 1.807) is 0 Å². The van der Waals surface area contributed by atoms with E-state index in [0.29, 0.717) is 6.04 Å². The Labute approximate surface area is 92.5 Å². The van der Waals surface area contributed by atoms with Crippen molar-refractivity contribution >= 4 is 5.97 Å². The Balaban J connectivity index is 2.34. The fraction of sp³-hybridized carbons (Fsp3) is 0.917. The lowest BCUT2D eigenvalue weighted by Crippen LogP contribution is -2.39. The van der Waals surface area contributed by atoms with E-state index >= 15 is 0 Å². The lowest BCUT2D eigenvalue weighted by atomic mass is 9.81. The van der Waals surface area contributed by atoms with E-state index in [2.05, 4.69) is 18.7 Å². The molecule has 0 aromatic carbocycles. The van der Waals surface area contributed by atoms with Crippen molar-refractivity contribution in [3.63, 3.8) is 0 Å². The molecule has 1 aliphatic carbocycles. The van der Waals surface area contributed by atoms with Gasteiger partial charge in [-0.25, -0.2) is 0 Å². The molecule has 0 amide bonds. The molecule has 0 aliphatic heterocycles. The Kier molecular flexibility index (Phi) is 5.09. The molecule has 0 bridgehead atoms. The third-order valence-electron chi connectivity index (χ3n) is 3.37. The Morgan fingerprint density at radius 1 is 1.53 bits per heavy atom. The quantitative estimate of drug-likeness (QED) is 0.705. The van der Waals surface area contributed by atoms with E-state index in [-0.39, 0.29) is 6.54 Å². The van der Waals surface area contributed by atoms with Crippen LogP contribution in [0.1, 0.15) is 46.0 Å². The molecule has 3 heteroatoms. The molecule has 1 unspecified atom stereocenters. The molecule has 0 saturated heterocycles. The van der Waals surface area contributed by atoms with Crippen LogP contribution in [0.4, 0.5) is 0 Å². The standard InChI is InChI=1S/C12H23NO2/c1-3-7-13(9-12(14)15)10(2)8-11-5-4-6-11/h10-11H,3-9H2,1-2H3,(H,14,15). The summed E-state index contributed by atoms with van der Waals surface area (Å²) in [5.74, 6) is 0.150. The van der Waals surface area contributed by atoms with Crippen LogP contribution in [0.25, 0.3) is 0 Å². The molecule has 1 fully saturated rings. The smallest absolute Gasteiger partial charge is 0.317 e. The van der Waals surface area contributed by atoms with E-state index in [4.69, 9.17) is 5.11 Å². The maximum absolute atomic E-state index is 10.7. The first-order valence-corrected chi connectivity index (χ1v) is 6.09. The van der Waals surface area contributed by atoms with E-state index in [1.807, 2.05) is 0 Å². The molecular formula is C12H23NO2. The van der Waals surface area contributed by atoms with Crippen molar-refractivity contribution in [2.75, 3.05) is 13.1 Å². The third kappa shape index (κ3) is 4.20. The second-order valence-electron chi connectivity index (χ2n) is 4.75. The summed E-state index contributed by atoms with van der Waals surface area (Å²) in [7, 11) is 0. The fourth-order valence-corrected chi connectivity index (χ4v) is 2.28. The van der Waals surface area contributed by atoms with Crippen LogP contribution in [-0.2, 0) is 4.79 Å². The lowest BCUT2D eigenvalue weighted by molar-refractivity contribution is -0.139. The molecule has 0 spiro atoms. The Morgan fingerprint density at radius 3 is 2.60 bits per heavy atom.